The summed E-state index contributed by atoms with van der Waals surface area (Å²) in [6.45, 7) is 3.98. The highest BCUT2D eigenvalue weighted by molar-refractivity contribution is 5.37. The van der Waals surface area contributed by atoms with Crippen LogP contribution in [0.2, 0.25) is 0 Å². The second kappa shape index (κ2) is 4.00. The molecule has 0 atom stereocenters. The molecule has 0 amide bonds. The van der Waals surface area contributed by atoms with E-state index in [1.165, 1.54) is 5.69 Å². The lowest BCUT2D eigenvalue weighted by molar-refractivity contribution is 0.724. The Morgan fingerprint density at radius 2 is 2.50 bits per heavy atom. The van der Waals surface area contributed by atoms with Crippen LogP contribution in [0, 0.1) is 0 Å². The van der Waals surface area contributed by atoms with E-state index in [1.54, 1.807) is 6.20 Å². The summed E-state index contributed by atoms with van der Waals surface area (Å²) >= 11 is 0. The molecule has 2 N–H and O–H groups in total. The van der Waals surface area contributed by atoms with E-state index in [1.807, 2.05) is 6.20 Å². The number of hydrogen-bond donors (Lipinski definition) is 2. The highest BCUT2D eigenvalue weighted by atomic mass is 15.1. The summed E-state index contributed by atoms with van der Waals surface area (Å²) in [4.78, 5) is 0. The van der Waals surface area contributed by atoms with E-state index >= 15 is 0 Å². The van der Waals surface area contributed by atoms with E-state index in [9.17, 15) is 0 Å². The topological polar surface area (TPSA) is 45.6 Å². The molecule has 2 heterocycles. The van der Waals surface area contributed by atoms with Gasteiger partial charge in [-0.25, -0.2) is 0 Å². The molecule has 0 fully saturated rings. The smallest absolute Gasteiger partial charge is 0.0726 e. The first kappa shape index (κ1) is 8.87. The lowest BCUT2D eigenvalue weighted by Gasteiger charge is -2.06. The van der Waals surface area contributed by atoms with Gasteiger partial charge >= 0.3 is 0 Å². The first-order chi connectivity index (χ1) is 6.90. The number of rotatable bonds is 4. The number of anilines is 1. The molecule has 2 aromatic heterocycles. The van der Waals surface area contributed by atoms with Gasteiger partial charge in [-0.05, 0) is 19.1 Å². The lowest BCUT2D eigenvalue weighted by atomic mass is 10.4. The second-order valence-corrected chi connectivity index (χ2v) is 3.13. The predicted molar refractivity (Wildman–Crippen MR) is 56.0 cm³/mol. The van der Waals surface area contributed by atoms with Gasteiger partial charge in [0.25, 0.3) is 0 Å². The monoisotopic (exact) mass is 190 g/mol. The molecule has 0 aliphatic carbocycles. The Kier molecular flexibility index (Phi) is 2.53. The van der Waals surface area contributed by atoms with Crippen LogP contribution < -0.4 is 5.32 Å². The fourth-order valence-corrected chi connectivity index (χ4v) is 1.46. The van der Waals surface area contributed by atoms with Gasteiger partial charge in [0.15, 0.2) is 0 Å². The van der Waals surface area contributed by atoms with Gasteiger partial charge in [-0.3, -0.25) is 5.10 Å². The summed E-state index contributed by atoms with van der Waals surface area (Å²) in [5, 5.41) is 9.93. The molecule has 2 aromatic rings. The van der Waals surface area contributed by atoms with Crippen molar-refractivity contribution in [3.05, 3.63) is 36.4 Å². The van der Waals surface area contributed by atoms with Gasteiger partial charge in [0.2, 0.25) is 0 Å². The van der Waals surface area contributed by atoms with Crippen molar-refractivity contribution < 1.29 is 0 Å². The summed E-state index contributed by atoms with van der Waals surface area (Å²) in [7, 11) is 0. The Labute approximate surface area is 82.9 Å². The van der Waals surface area contributed by atoms with Crippen LogP contribution in [-0.4, -0.2) is 14.8 Å². The SMILES string of the molecule is CCn1cccc1CNc1cn[nH]c1. The number of H-pyrrole nitrogens is 1. The number of hydrogen-bond acceptors (Lipinski definition) is 2. The standard InChI is InChI=1S/C10H14N4/c1-2-14-5-3-4-10(14)8-11-9-6-12-13-7-9/h3-7,11H,2,8H2,1H3,(H,12,13). The Morgan fingerprint density at radius 3 is 3.21 bits per heavy atom. The van der Waals surface area contributed by atoms with Crippen LogP contribution in [0.1, 0.15) is 12.6 Å². The molecule has 0 radical (unpaired) electrons. The highest BCUT2D eigenvalue weighted by Gasteiger charge is 1.98. The van der Waals surface area contributed by atoms with Gasteiger partial charge in [-0.1, -0.05) is 0 Å². The molecule has 0 aliphatic rings. The Hall–Kier alpha value is -1.71. The van der Waals surface area contributed by atoms with Gasteiger partial charge < -0.3 is 9.88 Å². The largest absolute Gasteiger partial charge is 0.377 e. The zero-order valence-corrected chi connectivity index (χ0v) is 8.20. The van der Waals surface area contributed by atoms with Crippen LogP contribution in [0.15, 0.2) is 30.7 Å². The van der Waals surface area contributed by atoms with E-state index in [4.69, 9.17) is 0 Å². The molecule has 74 valence electrons. The van der Waals surface area contributed by atoms with Crippen molar-refractivity contribution in [2.24, 2.45) is 0 Å². The zero-order valence-electron chi connectivity index (χ0n) is 8.20. The molecule has 0 unspecified atom stereocenters. The van der Waals surface area contributed by atoms with Gasteiger partial charge in [0.05, 0.1) is 18.4 Å². The minimum atomic E-state index is 0.834. The van der Waals surface area contributed by atoms with Gasteiger partial charge in [0, 0.05) is 24.6 Å². The van der Waals surface area contributed by atoms with Crippen molar-refractivity contribution in [3.8, 4) is 0 Å². The third-order valence-corrected chi connectivity index (χ3v) is 2.24. The van der Waals surface area contributed by atoms with Gasteiger partial charge in [0.1, 0.15) is 0 Å². The first-order valence-electron chi connectivity index (χ1n) is 4.77. The van der Waals surface area contributed by atoms with Crippen LogP contribution >= 0.6 is 0 Å². The molecule has 0 spiro atoms. The molecule has 4 nitrogen and oxygen atoms in total. The third kappa shape index (κ3) is 1.79. The highest BCUT2D eigenvalue weighted by Crippen LogP contribution is 2.07. The van der Waals surface area contributed by atoms with Crippen molar-refractivity contribution in [3.63, 3.8) is 0 Å². The molecule has 4 heteroatoms. The summed E-state index contributed by atoms with van der Waals surface area (Å²) in [5.41, 5.74) is 2.31. The average molecular weight is 190 g/mol. The predicted octanol–water partition coefficient (Wildman–Crippen LogP) is 1.84. The molecule has 0 aromatic carbocycles. The minimum absolute atomic E-state index is 0.834. The number of nitrogens with one attached hydrogen (secondary N) is 2. The third-order valence-electron chi connectivity index (χ3n) is 2.24. The van der Waals surface area contributed by atoms with E-state index in [-0.39, 0.29) is 0 Å². The molecule has 0 saturated heterocycles. The number of aromatic nitrogens is 3. The van der Waals surface area contributed by atoms with Gasteiger partial charge in [-0.2, -0.15) is 5.10 Å². The molecular formula is C10H14N4. The van der Waals surface area contributed by atoms with Crippen molar-refractivity contribution >= 4 is 5.69 Å². The average Bonchev–Trinajstić information content (AvgIpc) is 2.85. The maximum Gasteiger partial charge on any atom is 0.0726 e. The van der Waals surface area contributed by atoms with Crippen LogP contribution in [0.4, 0.5) is 5.69 Å². The normalized spacial score (nSPS) is 10.4. The Balaban J connectivity index is 1.98. The first-order valence-corrected chi connectivity index (χ1v) is 4.77. The summed E-state index contributed by atoms with van der Waals surface area (Å²) < 4.78 is 2.22. The van der Waals surface area contributed by atoms with Crippen LogP contribution in [0.5, 0.6) is 0 Å². The molecule has 0 bridgehead atoms. The van der Waals surface area contributed by atoms with Crippen molar-refractivity contribution in [1.82, 2.24) is 14.8 Å². The fraction of sp³-hybridized carbons (Fsp3) is 0.300. The summed E-state index contributed by atoms with van der Waals surface area (Å²) in [5.74, 6) is 0. The van der Waals surface area contributed by atoms with Crippen molar-refractivity contribution in [2.75, 3.05) is 5.32 Å². The van der Waals surface area contributed by atoms with Crippen molar-refractivity contribution in [2.45, 2.75) is 20.0 Å². The molecule has 0 aliphatic heterocycles. The quantitative estimate of drug-likeness (QED) is 0.772. The van der Waals surface area contributed by atoms with E-state index < -0.39 is 0 Å². The lowest BCUT2D eigenvalue weighted by Crippen LogP contribution is -2.05. The molecule has 0 saturated carbocycles. The maximum absolute atomic E-state index is 3.87. The number of aryl methyl sites for hydroxylation is 1. The van der Waals surface area contributed by atoms with Gasteiger partial charge in [-0.15, -0.1) is 0 Å². The number of nitrogens with zero attached hydrogens (tertiary/aromatic N) is 2. The Bertz CT molecular complexity index is 374. The summed E-state index contributed by atoms with van der Waals surface area (Å²) in [6.07, 6.45) is 5.71. The van der Waals surface area contributed by atoms with E-state index in [2.05, 4.69) is 45.3 Å². The summed E-state index contributed by atoms with van der Waals surface area (Å²) in [6, 6.07) is 4.19. The minimum Gasteiger partial charge on any atom is -0.377 e. The maximum atomic E-state index is 3.87. The molecular weight excluding hydrogens is 176 g/mol. The van der Waals surface area contributed by atoms with Crippen LogP contribution in [-0.2, 0) is 13.1 Å². The van der Waals surface area contributed by atoms with Crippen LogP contribution in [0.3, 0.4) is 0 Å². The zero-order chi connectivity index (χ0) is 9.80. The second-order valence-electron chi connectivity index (χ2n) is 3.13. The van der Waals surface area contributed by atoms with Crippen LogP contribution in [0.25, 0.3) is 0 Å². The number of aromatic amines is 1. The van der Waals surface area contributed by atoms with E-state index in [0.717, 1.165) is 18.8 Å². The molecule has 2 rings (SSSR count). The molecule has 14 heavy (non-hydrogen) atoms. The fourth-order valence-electron chi connectivity index (χ4n) is 1.46. The van der Waals surface area contributed by atoms with Crippen molar-refractivity contribution in [1.29, 1.82) is 0 Å². The van der Waals surface area contributed by atoms with E-state index in [0.29, 0.717) is 0 Å². The Morgan fingerprint density at radius 1 is 1.57 bits per heavy atom.